The van der Waals surface area contributed by atoms with Gasteiger partial charge >= 0.3 is 0 Å². The molecule has 0 amide bonds. The maximum absolute atomic E-state index is 5.27. The highest BCUT2D eigenvalue weighted by atomic mass is 32.1. The van der Waals surface area contributed by atoms with E-state index in [1.807, 2.05) is 34.0 Å². The minimum atomic E-state index is 0.968. The molecule has 0 aliphatic heterocycles. The van der Waals surface area contributed by atoms with Crippen molar-refractivity contribution >= 4 is 59.3 Å². The van der Waals surface area contributed by atoms with Gasteiger partial charge in [0.25, 0.3) is 0 Å². The second-order valence-corrected chi connectivity index (χ2v) is 10.9. The van der Waals surface area contributed by atoms with Crippen molar-refractivity contribution in [1.29, 1.82) is 0 Å². The second-order valence-electron chi connectivity index (χ2n) is 7.41. The molecule has 0 saturated carbocycles. The molecule has 0 radical (unpaired) electrons. The number of hydrogen-bond acceptors (Lipinski definition) is 5. The first-order valence-electron chi connectivity index (χ1n) is 10.3. The first kappa shape index (κ1) is 19.7. The van der Waals surface area contributed by atoms with E-state index in [2.05, 4.69) is 81.1 Å². The highest BCUT2D eigenvalue weighted by Crippen LogP contribution is 2.50. The SMILES string of the molecule is CCN(CC)c1nc(-c2c(C)sc3ccccc23)c(-c2c(C)sc3ccccc23)s1. The molecule has 0 aliphatic rings. The average Bonchev–Trinajstić information content (AvgIpc) is 3.40. The summed E-state index contributed by atoms with van der Waals surface area (Å²) in [6.45, 7) is 10.8. The van der Waals surface area contributed by atoms with Gasteiger partial charge in [-0.2, -0.15) is 0 Å². The summed E-state index contributed by atoms with van der Waals surface area (Å²) < 4.78 is 2.68. The first-order valence-corrected chi connectivity index (χ1v) is 12.8. The number of anilines is 1. The number of thiophene rings is 2. The van der Waals surface area contributed by atoms with E-state index >= 15 is 0 Å². The van der Waals surface area contributed by atoms with Crippen LogP contribution in [0.2, 0.25) is 0 Å². The van der Waals surface area contributed by atoms with Crippen molar-refractivity contribution in [3.63, 3.8) is 0 Å². The minimum Gasteiger partial charge on any atom is -0.349 e. The smallest absolute Gasteiger partial charge is 0.186 e. The van der Waals surface area contributed by atoms with Crippen LogP contribution in [-0.4, -0.2) is 18.1 Å². The molecule has 0 spiro atoms. The van der Waals surface area contributed by atoms with E-state index in [-0.39, 0.29) is 0 Å². The summed E-state index contributed by atoms with van der Waals surface area (Å²) in [6.07, 6.45) is 0. The van der Waals surface area contributed by atoms with Gasteiger partial charge in [0.2, 0.25) is 0 Å². The monoisotopic (exact) mass is 448 g/mol. The Morgan fingerprint density at radius 2 is 1.27 bits per heavy atom. The maximum Gasteiger partial charge on any atom is 0.186 e. The van der Waals surface area contributed by atoms with Crippen LogP contribution in [-0.2, 0) is 0 Å². The Labute approximate surface area is 189 Å². The van der Waals surface area contributed by atoms with Crippen LogP contribution in [0.15, 0.2) is 48.5 Å². The standard InChI is InChI=1S/C25H24N2S3/c1-5-27(6-2)25-26-23(21-15(3)28-19-13-9-7-11-17(19)21)24(30-25)22-16(4)29-20-14-10-8-12-18(20)22/h7-14H,5-6H2,1-4H3. The second kappa shape index (κ2) is 7.80. The summed E-state index contributed by atoms with van der Waals surface area (Å²) >= 11 is 5.60. The van der Waals surface area contributed by atoms with Crippen LogP contribution in [0.1, 0.15) is 23.6 Å². The predicted molar refractivity (Wildman–Crippen MR) is 137 cm³/mol. The lowest BCUT2D eigenvalue weighted by molar-refractivity contribution is 0.860. The Morgan fingerprint density at radius 1 is 0.733 bits per heavy atom. The molecule has 0 aliphatic carbocycles. The van der Waals surface area contributed by atoms with E-state index in [1.54, 1.807) is 0 Å². The third-order valence-corrected chi connectivity index (χ3v) is 8.96. The summed E-state index contributed by atoms with van der Waals surface area (Å²) in [5.74, 6) is 0. The summed E-state index contributed by atoms with van der Waals surface area (Å²) in [6, 6.07) is 17.5. The van der Waals surface area contributed by atoms with Gasteiger partial charge in [0, 0.05) is 54.1 Å². The van der Waals surface area contributed by atoms with Crippen molar-refractivity contribution in [3.8, 4) is 21.7 Å². The summed E-state index contributed by atoms with van der Waals surface area (Å²) in [5, 5.41) is 3.78. The number of rotatable bonds is 5. The fourth-order valence-corrected chi connectivity index (χ4v) is 7.71. The molecule has 0 atom stereocenters. The van der Waals surface area contributed by atoms with E-state index in [9.17, 15) is 0 Å². The zero-order valence-corrected chi connectivity index (χ0v) is 20.1. The molecule has 2 nitrogen and oxygen atoms in total. The van der Waals surface area contributed by atoms with Gasteiger partial charge in [-0.1, -0.05) is 47.7 Å². The predicted octanol–water partition coefficient (Wildman–Crippen LogP) is 8.37. The van der Waals surface area contributed by atoms with Crippen LogP contribution in [0.3, 0.4) is 0 Å². The molecule has 5 heteroatoms. The molecule has 30 heavy (non-hydrogen) atoms. The van der Waals surface area contributed by atoms with Crippen molar-refractivity contribution in [2.75, 3.05) is 18.0 Å². The zero-order chi connectivity index (χ0) is 20.8. The molecular weight excluding hydrogens is 424 g/mol. The third-order valence-electron chi connectivity index (χ3n) is 5.66. The quantitative estimate of drug-likeness (QED) is 0.268. The van der Waals surface area contributed by atoms with Crippen molar-refractivity contribution in [3.05, 3.63) is 58.3 Å². The molecule has 0 N–H and O–H groups in total. The molecule has 0 saturated heterocycles. The number of nitrogens with zero attached hydrogens (tertiary/aromatic N) is 2. The Kier molecular flexibility index (Phi) is 5.13. The van der Waals surface area contributed by atoms with Gasteiger partial charge in [0.1, 0.15) is 0 Å². The van der Waals surface area contributed by atoms with E-state index < -0.39 is 0 Å². The number of fused-ring (bicyclic) bond motifs is 2. The molecule has 2 aromatic carbocycles. The Morgan fingerprint density at radius 3 is 1.87 bits per heavy atom. The highest BCUT2D eigenvalue weighted by molar-refractivity contribution is 7.22. The normalized spacial score (nSPS) is 11.6. The molecule has 3 heterocycles. The number of thiazole rings is 1. The fraction of sp³-hybridized carbons (Fsp3) is 0.240. The first-order chi connectivity index (χ1) is 14.6. The summed E-state index contributed by atoms with van der Waals surface area (Å²) in [4.78, 5) is 11.6. The minimum absolute atomic E-state index is 0.968. The van der Waals surface area contributed by atoms with Crippen LogP contribution in [0.25, 0.3) is 41.9 Å². The third kappa shape index (κ3) is 3.08. The summed E-state index contributed by atoms with van der Waals surface area (Å²) in [7, 11) is 0. The van der Waals surface area contributed by atoms with Gasteiger partial charge in [-0.15, -0.1) is 22.7 Å². The van der Waals surface area contributed by atoms with Crippen molar-refractivity contribution < 1.29 is 0 Å². The van der Waals surface area contributed by atoms with Gasteiger partial charge in [0.15, 0.2) is 5.13 Å². The Bertz CT molecular complexity index is 1250. The number of aryl methyl sites for hydroxylation is 2. The molecule has 0 unspecified atom stereocenters. The van der Waals surface area contributed by atoms with Crippen LogP contribution < -0.4 is 4.90 Å². The van der Waals surface area contributed by atoms with Gasteiger partial charge in [-0.05, 0) is 39.8 Å². The van der Waals surface area contributed by atoms with Crippen LogP contribution in [0, 0.1) is 13.8 Å². The molecular formula is C25H24N2S3. The van der Waals surface area contributed by atoms with Gasteiger partial charge in [-0.25, -0.2) is 4.98 Å². The number of benzene rings is 2. The lowest BCUT2D eigenvalue weighted by atomic mass is 10.0. The number of hydrogen-bond donors (Lipinski definition) is 0. The van der Waals surface area contributed by atoms with Crippen LogP contribution >= 0.6 is 34.0 Å². The lowest BCUT2D eigenvalue weighted by Crippen LogP contribution is -2.21. The molecule has 3 aromatic heterocycles. The van der Waals surface area contributed by atoms with Crippen LogP contribution in [0.4, 0.5) is 5.13 Å². The van der Waals surface area contributed by atoms with Crippen molar-refractivity contribution in [1.82, 2.24) is 4.98 Å². The van der Waals surface area contributed by atoms with E-state index in [4.69, 9.17) is 4.98 Å². The van der Waals surface area contributed by atoms with Crippen molar-refractivity contribution in [2.24, 2.45) is 0 Å². The van der Waals surface area contributed by atoms with Crippen LogP contribution in [0.5, 0.6) is 0 Å². The van der Waals surface area contributed by atoms with Gasteiger partial charge < -0.3 is 4.90 Å². The van der Waals surface area contributed by atoms with Gasteiger partial charge in [-0.3, -0.25) is 0 Å². The lowest BCUT2D eigenvalue weighted by Gasteiger charge is -2.16. The molecule has 0 bridgehead atoms. The van der Waals surface area contributed by atoms with Crippen molar-refractivity contribution in [2.45, 2.75) is 27.7 Å². The maximum atomic E-state index is 5.27. The average molecular weight is 449 g/mol. The zero-order valence-electron chi connectivity index (χ0n) is 17.7. The molecule has 0 fully saturated rings. The molecule has 5 aromatic rings. The summed E-state index contributed by atoms with van der Waals surface area (Å²) in [5.41, 5.74) is 3.80. The topological polar surface area (TPSA) is 16.1 Å². The molecule has 5 rings (SSSR count). The Balaban J connectivity index is 1.85. The Hall–Kier alpha value is -2.21. The van der Waals surface area contributed by atoms with Gasteiger partial charge in [0.05, 0.1) is 10.6 Å². The van der Waals surface area contributed by atoms with E-state index in [0.717, 1.165) is 23.9 Å². The van der Waals surface area contributed by atoms with E-state index in [1.165, 1.54) is 45.9 Å². The largest absolute Gasteiger partial charge is 0.349 e. The van der Waals surface area contributed by atoms with E-state index in [0.29, 0.717) is 0 Å². The number of aromatic nitrogens is 1. The molecule has 152 valence electrons. The fourth-order valence-electron chi connectivity index (χ4n) is 4.19. The highest BCUT2D eigenvalue weighted by Gasteiger charge is 2.25.